The SMILES string of the molecule is CC/C(=C\C(=O)[O-])C(=O)[O-].[Mg+2]. The van der Waals surface area contributed by atoms with Gasteiger partial charge in [-0.2, -0.15) is 0 Å². The molecule has 0 aromatic carbocycles. The van der Waals surface area contributed by atoms with Crippen LogP contribution in [0.5, 0.6) is 0 Å². The molecule has 0 aliphatic rings. The van der Waals surface area contributed by atoms with Crippen molar-refractivity contribution in [1.29, 1.82) is 0 Å². The molecule has 0 radical (unpaired) electrons. The Bertz CT molecular complexity index is 185. The van der Waals surface area contributed by atoms with Gasteiger partial charge in [0.25, 0.3) is 0 Å². The van der Waals surface area contributed by atoms with E-state index in [9.17, 15) is 19.8 Å². The van der Waals surface area contributed by atoms with Gasteiger partial charge >= 0.3 is 23.1 Å². The van der Waals surface area contributed by atoms with Gasteiger partial charge in [-0.15, -0.1) is 0 Å². The molecular weight excluding hydrogens is 160 g/mol. The van der Waals surface area contributed by atoms with Crippen LogP contribution in [0.1, 0.15) is 13.3 Å². The summed E-state index contributed by atoms with van der Waals surface area (Å²) in [7, 11) is 0. The number of hydrogen-bond donors (Lipinski definition) is 0. The van der Waals surface area contributed by atoms with Gasteiger partial charge in [-0.05, 0) is 18.1 Å². The number of rotatable bonds is 3. The van der Waals surface area contributed by atoms with Crippen LogP contribution in [0.4, 0.5) is 0 Å². The minimum atomic E-state index is -1.51. The molecule has 0 spiro atoms. The summed E-state index contributed by atoms with van der Waals surface area (Å²) in [4.78, 5) is 19.8. The predicted octanol–water partition coefficient (Wildman–Crippen LogP) is -2.56. The van der Waals surface area contributed by atoms with Crippen molar-refractivity contribution >= 4 is 35.0 Å². The number of carbonyl (C=O) groups is 2. The summed E-state index contributed by atoms with van der Waals surface area (Å²) in [6.45, 7) is 1.52. The summed E-state index contributed by atoms with van der Waals surface area (Å²) >= 11 is 0. The van der Waals surface area contributed by atoms with E-state index in [4.69, 9.17) is 0 Å². The van der Waals surface area contributed by atoms with Gasteiger partial charge < -0.3 is 19.8 Å². The topological polar surface area (TPSA) is 80.3 Å². The van der Waals surface area contributed by atoms with Gasteiger partial charge in [-0.25, -0.2) is 0 Å². The third kappa shape index (κ3) is 5.87. The summed E-state index contributed by atoms with van der Waals surface area (Å²) in [6, 6.07) is 0. The van der Waals surface area contributed by atoms with Crippen molar-refractivity contribution in [2.75, 3.05) is 0 Å². The molecule has 0 aromatic heterocycles. The molecule has 0 N–H and O–H groups in total. The maximum absolute atomic E-state index is 10.00. The van der Waals surface area contributed by atoms with Crippen molar-refractivity contribution in [2.24, 2.45) is 0 Å². The second-order valence-corrected chi connectivity index (χ2v) is 1.63. The van der Waals surface area contributed by atoms with E-state index in [1.165, 1.54) is 6.92 Å². The molecule has 11 heavy (non-hydrogen) atoms. The fourth-order valence-corrected chi connectivity index (χ4v) is 0.448. The number of hydrogen-bond acceptors (Lipinski definition) is 4. The Balaban J connectivity index is 0. The second-order valence-electron chi connectivity index (χ2n) is 1.63. The van der Waals surface area contributed by atoms with Crippen LogP contribution in [0.2, 0.25) is 0 Å². The molecule has 0 heterocycles. The molecule has 0 amide bonds. The van der Waals surface area contributed by atoms with Crippen LogP contribution in [0, 0.1) is 0 Å². The van der Waals surface area contributed by atoms with Crippen molar-refractivity contribution < 1.29 is 19.8 Å². The first-order chi connectivity index (χ1) is 4.57. The molecule has 4 nitrogen and oxygen atoms in total. The summed E-state index contributed by atoms with van der Waals surface area (Å²) in [5.41, 5.74) is -0.264. The fourth-order valence-electron chi connectivity index (χ4n) is 0.448. The number of carboxylic acid groups (broad SMARTS) is 2. The van der Waals surface area contributed by atoms with Crippen molar-refractivity contribution in [1.82, 2.24) is 0 Å². The largest absolute Gasteiger partial charge is 2.00 e. The summed E-state index contributed by atoms with van der Waals surface area (Å²) in [5, 5.41) is 19.8. The van der Waals surface area contributed by atoms with Crippen molar-refractivity contribution in [2.45, 2.75) is 13.3 Å². The van der Waals surface area contributed by atoms with Crippen LogP contribution in [0.3, 0.4) is 0 Å². The molecular formula is C6H6MgO4. The molecule has 0 aromatic rings. The Morgan fingerprint density at radius 3 is 1.91 bits per heavy atom. The zero-order valence-electron chi connectivity index (χ0n) is 6.12. The summed E-state index contributed by atoms with van der Waals surface area (Å²) < 4.78 is 0. The van der Waals surface area contributed by atoms with Gasteiger partial charge in [-0.3, -0.25) is 0 Å². The van der Waals surface area contributed by atoms with Gasteiger partial charge in [0.1, 0.15) is 0 Å². The van der Waals surface area contributed by atoms with Gasteiger partial charge in [-0.1, -0.05) is 6.92 Å². The normalized spacial score (nSPS) is 10.1. The molecule has 0 unspecified atom stereocenters. The van der Waals surface area contributed by atoms with E-state index >= 15 is 0 Å². The molecule has 0 saturated heterocycles. The molecule has 0 aliphatic carbocycles. The minimum Gasteiger partial charge on any atom is -0.545 e. The van der Waals surface area contributed by atoms with Crippen LogP contribution in [-0.4, -0.2) is 35.0 Å². The fraction of sp³-hybridized carbons (Fsp3) is 0.333. The zero-order valence-corrected chi connectivity index (χ0v) is 7.54. The van der Waals surface area contributed by atoms with Crippen molar-refractivity contribution in [3.05, 3.63) is 11.6 Å². The minimum absolute atomic E-state index is 0. The molecule has 5 heteroatoms. The third-order valence-electron chi connectivity index (χ3n) is 0.935. The zero-order chi connectivity index (χ0) is 8.15. The van der Waals surface area contributed by atoms with Crippen LogP contribution in [0.25, 0.3) is 0 Å². The van der Waals surface area contributed by atoms with Crippen molar-refractivity contribution in [3.8, 4) is 0 Å². The Morgan fingerprint density at radius 1 is 1.36 bits per heavy atom. The Hall–Kier alpha value is -0.554. The van der Waals surface area contributed by atoms with Crippen molar-refractivity contribution in [3.63, 3.8) is 0 Å². The first-order valence-electron chi connectivity index (χ1n) is 2.70. The van der Waals surface area contributed by atoms with Gasteiger partial charge in [0.05, 0.1) is 11.9 Å². The Labute approximate surface area is 80.1 Å². The first kappa shape index (κ1) is 13.1. The average Bonchev–Trinajstić information content (AvgIpc) is 1.81. The van der Waals surface area contributed by atoms with Crippen LogP contribution in [-0.2, 0) is 9.59 Å². The number of aliphatic carboxylic acids is 2. The smallest absolute Gasteiger partial charge is 0.545 e. The molecule has 0 aliphatic heterocycles. The predicted molar refractivity (Wildman–Crippen MR) is 34.1 cm³/mol. The summed E-state index contributed by atoms with van der Waals surface area (Å²) in [6.07, 6.45) is 0.644. The molecule has 0 rings (SSSR count). The van der Waals surface area contributed by atoms with E-state index in [0.29, 0.717) is 6.08 Å². The second kappa shape index (κ2) is 6.18. The van der Waals surface area contributed by atoms with Crippen LogP contribution in [0.15, 0.2) is 11.6 Å². The molecule has 0 bridgehead atoms. The maximum Gasteiger partial charge on any atom is 2.00 e. The monoisotopic (exact) mass is 166 g/mol. The van der Waals surface area contributed by atoms with Gasteiger partial charge in [0.15, 0.2) is 0 Å². The average molecular weight is 166 g/mol. The molecule has 0 fully saturated rings. The quantitative estimate of drug-likeness (QED) is 0.341. The number of carbonyl (C=O) groups excluding carboxylic acids is 2. The van der Waals surface area contributed by atoms with E-state index < -0.39 is 11.9 Å². The van der Waals surface area contributed by atoms with E-state index in [1.807, 2.05) is 0 Å². The first-order valence-corrected chi connectivity index (χ1v) is 2.70. The summed E-state index contributed by atoms with van der Waals surface area (Å²) in [5.74, 6) is -2.98. The maximum atomic E-state index is 10.00. The van der Waals surface area contributed by atoms with Crippen LogP contribution < -0.4 is 10.2 Å². The third-order valence-corrected chi connectivity index (χ3v) is 0.935. The van der Waals surface area contributed by atoms with E-state index in [-0.39, 0.29) is 35.0 Å². The molecule has 0 saturated carbocycles. The van der Waals surface area contributed by atoms with E-state index in [1.54, 1.807) is 0 Å². The Kier molecular flexibility index (Phi) is 7.34. The van der Waals surface area contributed by atoms with Gasteiger partial charge in [0, 0.05) is 0 Å². The molecule has 56 valence electrons. The van der Waals surface area contributed by atoms with E-state index in [2.05, 4.69) is 0 Å². The Morgan fingerprint density at radius 2 is 1.82 bits per heavy atom. The van der Waals surface area contributed by atoms with Gasteiger partial charge in [0.2, 0.25) is 0 Å². The molecule has 0 atom stereocenters. The standard InChI is InChI=1S/C6H8O4.Mg/c1-2-4(6(9)10)3-5(7)8;/h3H,2H2,1H3,(H,7,8)(H,9,10);/q;+2/p-2/b4-3+;. The number of carboxylic acids is 2. The van der Waals surface area contributed by atoms with Crippen LogP contribution >= 0.6 is 0 Å². The van der Waals surface area contributed by atoms with E-state index in [0.717, 1.165) is 0 Å².